The number of benzene rings is 2. The maximum Gasteiger partial charge on any atom is 0.407 e. The summed E-state index contributed by atoms with van der Waals surface area (Å²) in [4.78, 5) is 70.6. The van der Waals surface area contributed by atoms with Gasteiger partial charge in [-0.05, 0) is 59.8 Å². The van der Waals surface area contributed by atoms with Crippen molar-refractivity contribution in [3.05, 3.63) is 83.7 Å². The molecule has 2 saturated heterocycles. The molecule has 0 aliphatic carbocycles. The van der Waals surface area contributed by atoms with Gasteiger partial charge in [-0.1, -0.05) is 88.4 Å². The van der Waals surface area contributed by atoms with Gasteiger partial charge in [-0.15, -0.1) is 0 Å². The van der Waals surface area contributed by atoms with Crippen LogP contribution in [0.2, 0.25) is 0 Å². The molecule has 56 heavy (non-hydrogen) atoms. The second kappa shape index (κ2) is 17.7. The topological polar surface area (TPSA) is 175 Å². The summed E-state index contributed by atoms with van der Waals surface area (Å²) in [6, 6.07) is 14.6. The quantitative estimate of drug-likeness (QED) is 0.115. The first kappa shape index (κ1) is 39.8. The van der Waals surface area contributed by atoms with Crippen LogP contribution in [0.5, 0.6) is 0 Å². The van der Waals surface area contributed by atoms with Crippen LogP contribution in [0.25, 0.3) is 34.7 Å². The average molecular weight is 765 g/mol. The van der Waals surface area contributed by atoms with Crippen LogP contribution in [0.4, 0.5) is 9.59 Å². The molecule has 4 heterocycles. The molecule has 0 bridgehead atoms. The lowest BCUT2D eigenvalue weighted by Crippen LogP contribution is -2.51. The minimum Gasteiger partial charge on any atom is -0.453 e. The normalized spacial score (nSPS) is 18.1. The van der Waals surface area contributed by atoms with E-state index < -0.39 is 24.3 Å². The molecule has 4 atom stereocenters. The van der Waals surface area contributed by atoms with Gasteiger partial charge in [0.05, 0.1) is 50.1 Å². The number of hydrogen-bond donors (Lipinski definition) is 4. The summed E-state index contributed by atoms with van der Waals surface area (Å²) in [6.45, 7) is 8.80. The van der Waals surface area contributed by atoms with Crippen molar-refractivity contribution in [1.82, 2.24) is 40.4 Å². The minimum absolute atomic E-state index is 0.101. The van der Waals surface area contributed by atoms with E-state index in [1.165, 1.54) is 14.2 Å². The van der Waals surface area contributed by atoms with E-state index in [4.69, 9.17) is 9.47 Å². The third kappa shape index (κ3) is 8.96. The van der Waals surface area contributed by atoms with E-state index in [0.717, 1.165) is 71.0 Å². The monoisotopic (exact) mass is 764 g/mol. The van der Waals surface area contributed by atoms with Crippen LogP contribution in [0, 0.1) is 11.8 Å². The summed E-state index contributed by atoms with van der Waals surface area (Å²) in [6.07, 6.45) is 9.75. The first-order valence-corrected chi connectivity index (χ1v) is 19.3. The Morgan fingerprint density at radius 2 is 1.04 bits per heavy atom. The SMILES string of the molecule is COC(=O)NC(C(=O)N1CCCC1c1ncc(-c2ccc(C=Cc3ccc(-c4cnc(C5CCCN5C(=O)C(NC(=O)OC)C(C)C)[nH]4)cc3)cc2)[nH]1)C(C)C. The van der Waals surface area contributed by atoms with Gasteiger partial charge in [-0.25, -0.2) is 19.6 Å². The highest BCUT2D eigenvalue weighted by atomic mass is 16.5. The highest BCUT2D eigenvalue weighted by molar-refractivity contribution is 5.87. The van der Waals surface area contributed by atoms with Crippen molar-refractivity contribution in [2.75, 3.05) is 27.3 Å². The van der Waals surface area contributed by atoms with Crippen molar-refractivity contribution in [3.63, 3.8) is 0 Å². The lowest BCUT2D eigenvalue weighted by atomic mass is 10.0. The molecule has 14 heteroatoms. The van der Waals surface area contributed by atoms with Gasteiger partial charge in [0.15, 0.2) is 0 Å². The third-order valence-electron chi connectivity index (χ3n) is 10.6. The summed E-state index contributed by atoms with van der Waals surface area (Å²) < 4.78 is 9.50. The van der Waals surface area contributed by atoms with Gasteiger partial charge in [0, 0.05) is 13.1 Å². The molecule has 2 aliphatic rings. The number of nitrogens with zero attached hydrogens (tertiary/aromatic N) is 4. The van der Waals surface area contributed by atoms with Gasteiger partial charge >= 0.3 is 12.2 Å². The fraction of sp³-hybridized carbons (Fsp3) is 0.429. The zero-order valence-electron chi connectivity index (χ0n) is 32.9. The molecule has 2 aromatic carbocycles. The van der Waals surface area contributed by atoms with Crippen LogP contribution in [0.1, 0.15) is 88.2 Å². The molecule has 14 nitrogen and oxygen atoms in total. The largest absolute Gasteiger partial charge is 0.453 e. The van der Waals surface area contributed by atoms with Crippen LogP contribution < -0.4 is 10.6 Å². The number of amides is 4. The number of carbonyl (C=O) groups excluding carboxylic acids is 4. The third-order valence-corrected chi connectivity index (χ3v) is 10.6. The molecule has 6 rings (SSSR count). The summed E-state index contributed by atoms with van der Waals surface area (Å²) in [5, 5.41) is 5.38. The molecule has 296 valence electrons. The zero-order valence-corrected chi connectivity index (χ0v) is 32.9. The second-order valence-corrected chi connectivity index (χ2v) is 15.0. The van der Waals surface area contributed by atoms with Crippen molar-refractivity contribution < 1.29 is 28.7 Å². The van der Waals surface area contributed by atoms with Gasteiger partial charge in [-0.3, -0.25) is 9.59 Å². The first-order chi connectivity index (χ1) is 27.0. The number of methoxy groups -OCH3 is 2. The summed E-state index contributed by atoms with van der Waals surface area (Å²) in [5.41, 5.74) is 5.77. The number of carbonyl (C=O) groups is 4. The molecule has 4 aromatic rings. The van der Waals surface area contributed by atoms with Gasteiger partial charge in [0.1, 0.15) is 23.7 Å². The summed E-state index contributed by atoms with van der Waals surface area (Å²) in [7, 11) is 2.58. The number of likely N-dealkylation sites (tertiary alicyclic amines) is 2. The number of rotatable bonds is 12. The maximum atomic E-state index is 13.5. The number of aromatic nitrogens is 4. The Kier molecular flexibility index (Phi) is 12.6. The molecule has 4 unspecified atom stereocenters. The molecule has 4 N–H and O–H groups in total. The van der Waals surface area contributed by atoms with Crippen molar-refractivity contribution >= 4 is 36.2 Å². The number of nitrogens with one attached hydrogen (secondary N) is 4. The highest BCUT2D eigenvalue weighted by Gasteiger charge is 2.39. The smallest absolute Gasteiger partial charge is 0.407 e. The molecule has 0 radical (unpaired) electrons. The van der Waals surface area contributed by atoms with Gasteiger partial charge < -0.3 is 39.9 Å². The Balaban J connectivity index is 1.06. The van der Waals surface area contributed by atoms with Crippen LogP contribution in [-0.4, -0.2) is 93.1 Å². The Morgan fingerprint density at radius 1 is 0.661 bits per heavy atom. The molecule has 0 saturated carbocycles. The van der Waals surface area contributed by atoms with Gasteiger partial charge in [0.25, 0.3) is 0 Å². The number of imidazole rings is 2. The number of H-pyrrole nitrogens is 2. The number of aromatic amines is 2. The summed E-state index contributed by atoms with van der Waals surface area (Å²) >= 11 is 0. The van der Waals surface area contributed by atoms with Crippen LogP contribution in [0.3, 0.4) is 0 Å². The van der Waals surface area contributed by atoms with E-state index in [-0.39, 0.29) is 35.7 Å². The Bertz CT molecular complexity index is 1870. The Labute approximate surface area is 327 Å². The summed E-state index contributed by atoms with van der Waals surface area (Å²) in [5.74, 6) is 0.977. The van der Waals surface area contributed by atoms with Crippen molar-refractivity contribution in [1.29, 1.82) is 0 Å². The van der Waals surface area contributed by atoms with E-state index in [9.17, 15) is 19.2 Å². The fourth-order valence-corrected chi connectivity index (χ4v) is 7.43. The lowest BCUT2D eigenvalue weighted by molar-refractivity contribution is -0.136. The first-order valence-electron chi connectivity index (χ1n) is 19.3. The van der Waals surface area contributed by atoms with E-state index in [1.54, 1.807) is 22.2 Å². The number of alkyl carbamates (subject to hydrolysis) is 2. The number of ether oxygens (including phenoxy) is 2. The fourth-order valence-electron chi connectivity index (χ4n) is 7.43. The highest BCUT2D eigenvalue weighted by Crippen LogP contribution is 2.34. The molecule has 4 amide bonds. The number of hydrogen-bond acceptors (Lipinski definition) is 8. The van der Waals surface area contributed by atoms with Crippen LogP contribution in [-0.2, 0) is 19.1 Å². The second-order valence-electron chi connectivity index (χ2n) is 15.0. The van der Waals surface area contributed by atoms with E-state index >= 15 is 0 Å². The molecular formula is C42H52N8O6. The van der Waals surface area contributed by atoms with E-state index in [1.807, 2.05) is 52.0 Å². The lowest BCUT2D eigenvalue weighted by Gasteiger charge is -2.30. The van der Waals surface area contributed by atoms with Gasteiger partial charge in [-0.2, -0.15) is 0 Å². The molecule has 0 spiro atoms. The van der Waals surface area contributed by atoms with Crippen molar-refractivity contribution in [2.24, 2.45) is 11.8 Å². The van der Waals surface area contributed by atoms with Crippen molar-refractivity contribution in [3.8, 4) is 22.5 Å². The van der Waals surface area contributed by atoms with Crippen molar-refractivity contribution in [2.45, 2.75) is 77.5 Å². The predicted octanol–water partition coefficient (Wildman–Crippen LogP) is 6.73. The Hall–Kier alpha value is -5.92. The Morgan fingerprint density at radius 3 is 1.38 bits per heavy atom. The van der Waals surface area contributed by atoms with Crippen LogP contribution in [0.15, 0.2) is 60.9 Å². The van der Waals surface area contributed by atoms with Crippen LogP contribution >= 0.6 is 0 Å². The molecule has 2 aliphatic heterocycles. The standard InChI is InChI=1S/C42H52N8O6/c1-25(2)35(47-41(53)55-5)39(51)49-21-7-9-33(49)37-43-23-31(45-37)29-17-13-27(14-18-29)11-12-28-15-19-30(20-16-28)32-24-44-38(46-32)34-10-8-22-50(34)40(52)36(26(3)4)48-42(54)56-6/h11-20,23-26,33-36H,7-10,21-22H2,1-6H3,(H,43,45)(H,44,46)(H,47,53)(H,48,54). The average Bonchev–Trinajstić information content (AvgIpc) is 4.04. The molecule has 2 fully saturated rings. The predicted molar refractivity (Wildman–Crippen MR) is 213 cm³/mol. The molecule has 2 aromatic heterocycles. The van der Waals surface area contributed by atoms with Gasteiger partial charge in [0.2, 0.25) is 11.8 Å². The zero-order chi connectivity index (χ0) is 39.9. The van der Waals surface area contributed by atoms with E-state index in [0.29, 0.717) is 13.1 Å². The van der Waals surface area contributed by atoms with E-state index in [2.05, 4.69) is 67.0 Å². The maximum absolute atomic E-state index is 13.5. The molecular weight excluding hydrogens is 713 g/mol. The minimum atomic E-state index is -0.683.